The van der Waals surface area contributed by atoms with Crippen molar-refractivity contribution in [1.29, 1.82) is 0 Å². The summed E-state index contributed by atoms with van der Waals surface area (Å²) in [5, 5.41) is 3.49. The molecule has 0 bridgehead atoms. The maximum Gasteiger partial charge on any atom is 0.348 e. The quantitative estimate of drug-likeness (QED) is 0.917. The Bertz CT molecular complexity index is 647. The molecule has 0 aliphatic rings. The van der Waals surface area contributed by atoms with E-state index in [1.165, 1.54) is 0 Å². The van der Waals surface area contributed by atoms with E-state index in [-0.39, 0.29) is 17.7 Å². The number of aromatic nitrogens is 1. The second kappa shape index (κ2) is 5.30. The molecule has 0 amide bonds. The summed E-state index contributed by atoms with van der Waals surface area (Å²) in [7, 11) is 0. The average molecular weight is 262 g/mol. The van der Waals surface area contributed by atoms with Crippen LogP contribution < -0.4 is 15.7 Å². The monoisotopic (exact) mass is 262 g/mol. The van der Waals surface area contributed by atoms with Crippen LogP contribution in [0.25, 0.3) is 10.9 Å². The van der Waals surface area contributed by atoms with Gasteiger partial charge in [-0.25, -0.2) is 4.79 Å². The van der Waals surface area contributed by atoms with Crippen LogP contribution in [0.3, 0.4) is 0 Å². The van der Waals surface area contributed by atoms with Gasteiger partial charge in [0.1, 0.15) is 5.75 Å². The van der Waals surface area contributed by atoms with Crippen LogP contribution in [-0.4, -0.2) is 17.6 Å². The molecule has 0 spiro atoms. The lowest BCUT2D eigenvalue weighted by Gasteiger charge is -2.10. The van der Waals surface area contributed by atoms with Crippen molar-refractivity contribution in [1.82, 2.24) is 4.98 Å². The maximum absolute atomic E-state index is 12.0. The maximum atomic E-state index is 12.0. The first-order valence-electron chi connectivity index (χ1n) is 6.36. The van der Waals surface area contributed by atoms with Gasteiger partial charge in [-0.3, -0.25) is 0 Å². The van der Waals surface area contributed by atoms with Crippen LogP contribution in [0.15, 0.2) is 21.3 Å². The van der Waals surface area contributed by atoms with Crippen LogP contribution in [0, 0.1) is 6.92 Å². The number of anilines is 1. The summed E-state index contributed by atoms with van der Waals surface area (Å²) in [6.45, 7) is 8.24. The molecule has 0 aliphatic carbocycles. The second-order valence-corrected chi connectivity index (χ2v) is 4.67. The normalized spacial score (nSPS) is 11.0. The number of hydrogen-bond acceptors (Lipinski definition) is 5. The summed E-state index contributed by atoms with van der Waals surface area (Å²) in [6, 6.07) is 3.96. The van der Waals surface area contributed by atoms with E-state index in [1.54, 1.807) is 6.07 Å². The molecule has 0 fully saturated rings. The Morgan fingerprint density at radius 2 is 2.16 bits per heavy atom. The molecule has 0 unspecified atom stereocenters. The van der Waals surface area contributed by atoms with Gasteiger partial charge >= 0.3 is 5.63 Å². The number of benzene rings is 1. The highest BCUT2D eigenvalue weighted by atomic mass is 16.5. The number of nitrogens with one attached hydrogen (secondary N) is 1. The summed E-state index contributed by atoms with van der Waals surface area (Å²) in [5.41, 5.74) is 1.01. The minimum absolute atomic E-state index is 0.143. The number of hydrogen-bond donors (Lipinski definition) is 1. The zero-order valence-electron chi connectivity index (χ0n) is 11.6. The standard InChI is InChI=1S/C14H18N2O3/c1-5-18-10-6-9(4)12-11(7-10)16-14(15-8(2)3)19-13(12)17/h6-8H,5H2,1-4H3,(H,15,16). The molecule has 1 N–H and O–H groups in total. The van der Waals surface area contributed by atoms with E-state index >= 15 is 0 Å². The number of rotatable bonds is 4. The Morgan fingerprint density at radius 3 is 2.79 bits per heavy atom. The third-order valence-corrected chi connectivity index (χ3v) is 2.63. The molecule has 2 aromatic rings. The van der Waals surface area contributed by atoms with Crippen molar-refractivity contribution in [2.24, 2.45) is 0 Å². The fourth-order valence-electron chi connectivity index (χ4n) is 1.92. The summed E-state index contributed by atoms with van der Waals surface area (Å²) < 4.78 is 10.6. The fraction of sp³-hybridized carbons (Fsp3) is 0.429. The Labute approximate surface area is 111 Å². The summed E-state index contributed by atoms with van der Waals surface area (Å²) >= 11 is 0. The van der Waals surface area contributed by atoms with E-state index in [2.05, 4.69) is 10.3 Å². The molecular weight excluding hydrogens is 244 g/mol. The Kier molecular flexibility index (Phi) is 3.74. The molecule has 0 saturated heterocycles. The van der Waals surface area contributed by atoms with Crippen molar-refractivity contribution >= 4 is 16.9 Å². The molecular formula is C14H18N2O3. The molecule has 1 aromatic carbocycles. The minimum Gasteiger partial charge on any atom is -0.494 e. The van der Waals surface area contributed by atoms with Crippen LogP contribution in [-0.2, 0) is 0 Å². The molecule has 5 nitrogen and oxygen atoms in total. The number of ether oxygens (including phenoxy) is 1. The van der Waals surface area contributed by atoms with E-state index in [0.717, 1.165) is 5.56 Å². The van der Waals surface area contributed by atoms with E-state index in [4.69, 9.17) is 9.15 Å². The molecule has 19 heavy (non-hydrogen) atoms. The van der Waals surface area contributed by atoms with Crippen molar-refractivity contribution in [3.05, 3.63) is 28.1 Å². The van der Waals surface area contributed by atoms with Gasteiger partial charge in [0.2, 0.25) is 0 Å². The van der Waals surface area contributed by atoms with Crippen LogP contribution >= 0.6 is 0 Å². The SMILES string of the molecule is CCOc1cc(C)c2c(=O)oc(NC(C)C)nc2c1. The highest BCUT2D eigenvalue weighted by molar-refractivity contribution is 5.83. The fourth-order valence-corrected chi connectivity index (χ4v) is 1.92. The highest BCUT2D eigenvalue weighted by Crippen LogP contribution is 2.22. The zero-order chi connectivity index (χ0) is 14.0. The van der Waals surface area contributed by atoms with Gasteiger partial charge in [-0.2, -0.15) is 4.98 Å². The topological polar surface area (TPSA) is 64.4 Å². The van der Waals surface area contributed by atoms with Crippen LogP contribution in [0.4, 0.5) is 6.01 Å². The van der Waals surface area contributed by atoms with Crippen LogP contribution in [0.5, 0.6) is 5.75 Å². The molecule has 0 saturated carbocycles. The number of fused-ring (bicyclic) bond motifs is 1. The number of aryl methyl sites for hydroxylation is 1. The first kappa shape index (κ1) is 13.4. The van der Waals surface area contributed by atoms with Gasteiger partial charge in [-0.15, -0.1) is 0 Å². The molecule has 2 rings (SSSR count). The van der Waals surface area contributed by atoms with E-state index in [9.17, 15) is 4.79 Å². The largest absolute Gasteiger partial charge is 0.494 e. The first-order valence-corrected chi connectivity index (χ1v) is 6.36. The zero-order valence-corrected chi connectivity index (χ0v) is 11.6. The van der Waals surface area contributed by atoms with Gasteiger partial charge in [-0.1, -0.05) is 0 Å². The van der Waals surface area contributed by atoms with Crippen LogP contribution in [0.2, 0.25) is 0 Å². The lowest BCUT2D eigenvalue weighted by molar-refractivity contribution is 0.340. The Balaban J connectivity index is 2.60. The van der Waals surface area contributed by atoms with Gasteiger partial charge < -0.3 is 14.5 Å². The molecule has 0 atom stereocenters. The van der Waals surface area contributed by atoms with Crippen molar-refractivity contribution in [3.63, 3.8) is 0 Å². The van der Waals surface area contributed by atoms with Gasteiger partial charge in [0.05, 0.1) is 17.5 Å². The van der Waals surface area contributed by atoms with Gasteiger partial charge in [0.25, 0.3) is 6.01 Å². The van der Waals surface area contributed by atoms with Gasteiger partial charge in [-0.05, 0) is 39.3 Å². The predicted molar refractivity (Wildman–Crippen MR) is 74.9 cm³/mol. The average Bonchev–Trinajstić information content (AvgIpc) is 2.26. The molecule has 1 heterocycles. The van der Waals surface area contributed by atoms with Crippen molar-refractivity contribution in [3.8, 4) is 5.75 Å². The van der Waals surface area contributed by atoms with E-state index in [0.29, 0.717) is 23.3 Å². The second-order valence-electron chi connectivity index (χ2n) is 4.67. The predicted octanol–water partition coefficient (Wildman–Crippen LogP) is 2.72. The summed E-state index contributed by atoms with van der Waals surface area (Å²) in [4.78, 5) is 16.3. The molecule has 102 valence electrons. The molecule has 0 radical (unpaired) electrons. The van der Waals surface area contributed by atoms with Gasteiger partial charge in [0.15, 0.2) is 0 Å². The lowest BCUT2D eigenvalue weighted by atomic mass is 10.1. The first-order chi connectivity index (χ1) is 9.01. The Morgan fingerprint density at radius 1 is 1.42 bits per heavy atom. The van der Waals surface area contributed by atoms with Crippen LogP contribution in [0.1, 0.15) is 26.3 Å². The minimum atomic E-state index is -0.381. The smallest absolute Gasteiger partial charge is 0.348 e. The summed E-state index contributed by atoms with van der Waals surface area (Å²) in [5.74, 6) is 0.709. The lowest BCUT2D eigenvalue weighted by Crippen LogP contribution is -2.14. The van der Waals surface area contributed by atoms with Crippen molar-refractivity contribution in [2.45, 2.75) is 33.7 Å². The third kappa shape index (κ3) is 2.86. The molecule has 1 aromatic heterocycles. The van der Waals surface area contributed by atoms with Crippen molar-refractivity contribution < 1.29 is 9.15 Å². The van der Waals surface area contributed by atoms with Crippen molar-refractivity contribution in [2.75, 3.05) is 11.9 Å². The summed E-state index contributed by atoms with van der Waals surface area (Å²) in [6.07, 6.45) is 0. The highest BCUT2D eigenvalue weighted by Gasteiger charge is 2.11. The van der Waals surface area contributed by atoms with Gasteiger partial charge in [0, 0.05) is 12.1 Å². The Hall–Kier alpha value is -2.04. The van der Waals surface area contributed by atoms with E-state index < -0.39 is 0 Å². The van der Waals surface area contributed by atoms with E-state index in [1.807, 2.05) is 33.8 Å². The number of nitrogens with zero attached hydrogens (tertiary/aromatic N) is 1. The molecule has 5 heteroatoms. The third-order valence-electron chi connectivity index (χ3n) is 2.63. The molecule has 0 aliphatic heterocycles.